The summed E-state index contributed by atoms with van der Waals surface area (Å²) in [6, 6.07) is 1.17. The van der Waals surface area contributed by atoms with Crippen LogP contribution in [0.4, 0.5) is 0 Å². The van der Waals surface area contributed by atoms with Gasteiger partial charge in [-0.15, -0.1) is 0 Å². The molecule has 0 spiro atoms. The SMILES string of the molecule is CC(C(N)=S)N1CCN(C2CC2)CC1. The highest BCUT2D eigenvalue weighted by Crippen LogP contribution is 2.27. The Bertz CT molecular complexity index is 219. The van der Waals surface area contributed by atoms with Gasteiger partial charge in [0.15, 0.2) is 0 Å². The lowest BCUT2D eigenvalue weighted by molar-refractivity contribution is 0.117. The van der Waals surface area contributed by atoms with Crippen LogP contribution in [0.5, 0.6) is 0 Å². The van der Waals surface area contributed by atoms with Crippen LogP contribution in [0.3, 0.4) is 0 Å². The molecule has 1 aliphatic carbocycles. The number of nitrogens with two attached hydrogens (primary N) is 1. The van der Waals surface area contributed by atoms with Crippen LogP contribution in [0.25, 0.3) is 0 Å². The summed E-state index contributed by atoms with van der Waals surface area (Å²) in [6.07, 6.45) is 2.82. The largest absolute Gasteiger partial charge is 0.392 e. The highest BCUT2D eigenvalue weighted by atomic mass is 32.1. The summed E-state index contributed by atoms with van der Waals surface area (Å²) < 4.78 is 0. The fourth-order valence-corrected chi connectivity index (χ4v) is 2.26. The zero-order chi connectivity index (χ0) is 10.1. The van der Waals surface area contributed by atoms with E-state index in [-0.39, 0.29) is 6.04 Å². The molecule has 0 aromatic carbocycles. The minimum atomic E-state index is 0.270. The van der Waals surface area contributed by atoms with Gasteiger partial charge < -0.3 is 5.73 Å². The molecule has 1 atom stereocenters. The standard InChI is InChI=1S/C10H19N3S/c1-8(10(11)14)12-4-6-13(7-5-12)9-2-3-9/h8-9H,2-7H2,1H3,(H2,11,14). The van der Waals surface area contributed by atoms with Crippen molar-refractivity contribution in [3.63, 3.8) is 0 Å². The normalized spacial score (nSPS) is 27.5. The molecular weight excluding hydrogens is 194 g/mol. The molecule has 1 aliphatic heterocycles. The van der Waals surface area contributed by atoms with Crippen molar-refractivity contribution in [2.24, 2.45) is 5.73 Å². The molecule has 2 aliphatic rings. The average molecular weight is 213 g/mol. The van der Waals surface area contributed by atoms with E-state index >= 15 is 0 Å². The summed E-state index contributed by atoms with van der Waals surface area (Å²) in [6.45, 7) is 6.73. The Kier molecular flexibility index (Phi) is 3.04. The van der Waals surface area contributed by atoms with Crippen molar-refractivity contribution in [1.29, 1.82) is 0 Å². The zero-order valence-electron chi connectivity index (χ0n) is 8.78. The Morgan fingerprint density at radius 2 is 1.86 bits per heavy atom. The highest BCUT2D eigenvalue weighted by Gasteiger charge is 2.32. The summed E-state index contributed by atoms with van der Waals surface area (Å²) in [4.78, 5) is 5.62. The predicted molar refractivity (Wildman–Crippen MR) is 62.4 cm³/mol. The summed E-state index contributed by atoms with van der Waals surface area (Å²) in [5, 5.41) is 0. The van der Waals surface area contributed by atoms with E-state index < -0.39 is 0 Å². The Hall–Kier alpha value is -0.190. The van der Waals surface area contributed by atoms with Crippen LogP contribution in [0.2, 0.25) is 0 Å². The van der Waals surface area contributed by atoms with E-state index in [1.54, 1.807) is 0 Å². The molecule has 1 saturated heterocycles. The second kappa shape index (κ2) is 4.13. The van der Waals surface area contributed by atoms with Gasteiger partial charge in [-0.1, -0.05) is 12.2 Å². The minimum Gasteiger partial charge on any atom is -0.392 e. The molecule has 1 saturated carbocycles. The molecule has 3 nitrogen and oxygen atoms in total. The average Bonchev–Trinajstić information content (AvgIpc) is 3.00. The predicted octanol–water partition coefficient (Wildman–Crippen LogP) is 0.441. The van der Waals surface area contributed by atoms with Crippen LogP contribution in [0.15, 0.2) is 0 Å². The zero-order valence-corrected chi connectivity index (χ0v) is 9.59. The highest BCUT2D eigenvalue weighted by molar-refractivity contribution is 7.80. The van der Waals surface area contributed by atoms with Gasteiger partial charge in [-0.3, -0.25) is 9.80 Å². The molecule has 80 valence electrons. The van der Waals surface area contributed by atoms with Crippen molar-refractivity contribution in [3.8, 4) is 0 Å². The first-order valence-corrected chi connectivity index (χ1v) is 5.86. The minimum absolute atomic E-state index is 0.270. The molecule has 14 heavy (non-hydrogen) atoms. The van der Waals surface area contributed by atoms with Crippen molar-refractivity contribution in [1.82, 2.24) is 9.80 Å². The van der Waals surface area contributed by atoms with Gasteiger partial charge in [0.05, 0.1) is 11.0 Å². The third-order valence-electron chi connectivity index (χ3n) is 3.37. The van der Waals surface area contributed by atoms with Crippen LogP contribution in [-0.2, 0) is 0 Å². The van der Waals surface area contributed by atoms with Crippen molar-refractivity contribution in [3.05, 3.63) is 0 Å². The summed E-state index contributed by atoms with van der Waals surface area (Å²) in [5.41, 5.74) is 5.65. The van der Waals surface area contributed by atoms with Crippen LogP contribution in [0, 0.1) is 0 Å². The number of hydrogen-bond acceptors (Lipinski definition) is 3. The number of piperazine rings is 1. The molecule has 2 fully saturated rings. The lowest BCUT2D eigenvalue weighted by Gasteiger charge is -2.37. The molecule has 0 aromatic rings. The quantitative estimate of drug-likeness (QED) is 0.690. The Morgan fingerprint density at radius 1 is 1.29 bits per heavy atom. The van der Waals surface area contributed by atoms with Crippen LogP contribution < -0.4 is 5.73 Å². The molecule has 2 N–H and O–H groups in total. The number of thiocarbonyl (C=S) groups is 1. The number of rotatable bonds is 3. The summed E-state index contributed by atoms with van der Waals surface area (Å²) in [7, 11) is 0. The maximum atomic E-state index is 5.65. The van der Waals surface area contributed by atoms with Gasteiger partial charge >= 0.3 is 0 Å². The van der Waals surface area contributed by atoms with Crippen molar-refractivity contribution in [2.45, 2.75) is 31.8 Å². The van der Waals surface area contributed by atoms with Gasteiger partial charge in [-0.2, -0.15) is 0 Å². The second-order valence-electron chi connectivity index (χ2n) is 4.38. The van der Waals surface area contributed by atoms with E-state index in [4.69, 9.17) is 18.0 Å². The molecule has 0 aromatic heterocycles. The first kappa shape index (κ1) is 10.3. The maximum absolute atomic E-state index is 5.65. The molecule has 1 heterocycles. The van der Waals surface area contributed by atoms with Crippen LogP contribution >= 0.6 is 12.2 Å². The lowest BCUT2D eigenvalue weighted by Crippen LogP contribution is -2.53. The van der Waals surface area contributed by atoms with Gasteiger partial charge in [-0.05, 0) is 19.8 Å². The summed E-state index contributed by atoms with van der Waals surface area (Å²) in [5.74, 6) is 0. The molecule has 2 rings (SSSR count). The van der Waals surface area contributed by atoms with Gasteiger partial charge in [0.2, 0.25) is 0 Å². The first-order valence-electron chi connectivity index (χ1n) is 5.46. The van der Waals surface area contributed by atoms with E-state index in [1.165, 1.54) is 25.9 Å². The molecule has 4 heteroatoms. The third kappa shape index (κ3) is 2.24. The smallest absolute Gasteiger partial charge is 0.0899 e. The van der Waals surface area contributed by atoms with Crippen molar-refractivity contribution >= 4 is 17.2 Å². The van der Waals surface area contributed by atoms with E-state index in [2.05, 4.69) is 16.7 Å². The maximum Gasteiger partial charge on any atom is 0.0899 e. The monoisotopic (exact) mass is 213 g/mol. The topological polar surface area (TPSA) is 32.5 Å². The van der Waals surface area contributed by atoms with E-state index in [1.807, 2.05) is 0 Å². The van der Waals surface area contributed by atoms with Crippen molar-refractivity contribution < 1.29 is 0 Å². The summed E-state index contributed by atoms with van der Waals surface area (Å²) >= 11 is 5.01. The number of nitrogens with zero attached hydrogens (tertiary/aromatic N) is 2. The molecular formula is C10H19N3S. The third-order valence-corrected chi connectivity index (χ3v) is 3.71. The van der Waals surface area contributed by atoms with Gasteiger partial charge in [0, 0.05) is 32.2 Å². The second-order valence-corrected chi connectivity index (χ2v) is 4.85. The van der Waals surface area contributed by atoms with Gasteiger partial charge in [0.1, 0.15) is 0 Å². The van der Waals surface area contributed by atoms with E-state index in [0.29, 0.717) is 4.99 Å². The van der Waals surface area contributed by atoms with Gasteiger partial charge in [0.25, 0.3) is 0 Å². The molecule has 1 unspecified atom stereocenters. The Morgan fingerprint density at radius 3 is 2.29 bits per heavy atom. The van der Waals surface area contributed by atoms with E-state index in [0.717, 1.165) is 19.1 Å². The Balaban J connectivity index is 1.79. The van der Waals surface area contributed by atoms with Crippen LogP contribution in [-0.4, -0.2) is 53.1 Å². The van der Waals surface area contributed by atoms with Gasteiger partial charge in [-0.25, -0.2) is 0 Å². The van der Waals surface area contributed by atoms with Crippen molar-refractivity contribution in [2.75, 3.05) is 26.2 Å². The lowest BCUT2D eigenvalue weighted by atomic mass is 10.2. The molecule has 0 bridgehead atoms. The van der Waals surface area contributed by atoms with Crippen LogP contribution in [0.1, 0.15) is 19.8 Å². The fraction of sp³-hybridized carbons (Fsp3) is 0.900. The first-order chi connectivity index (χ1) is 6.68. The molecule has 0 radical (unpaired) electrons. The fourth-order valence-electron chi connectivity index (χ4n) is 2.11. The Labute approximate surface area is 91.2 Å². The van der Waals surface area contributed by atoms with E-state index in [9.17, 15) is 0 Å². The number of hydrogen-bond donors (Lipinski definition) is 1. The molecule has 0 amide bonds.